The molecule has 2 aliphatic rings. The molecule has 0 spiro atoms. The minimum absolute atomic E-state index is 0.0295. The van der Waals surface area contributed by atoms with Crippen LogP contribution in [0.25, 0.3) is 22.3 Å². The molecule has 1 aromatic carbocycles. The van der Waals surface area contributed by atoms with Gasteiger partial charge in [-0.2, -0.15) is 0 Å². The number of hydrogen-bond acceptors (Lipinski definition) is 5. The predicted octanol–water partition coefficient (Wildman–Crippen LogP) is 2.33. The summed E-state index contributed by atoms with van der Waals surface area (Å²) in [4.78, 5) is 27.6. The average molecular weight is 351 g/mol. The van der Waals surface area contributed by atoms with E-state index in [4.69, 9.17) is 9.72 Å². The molecule has 1 saturated heterocycles. The van der Waals surface area contributed by atoms with E-state index in [2.05, 4.69) is 14.9 Å². The molecule has 8 nitrogen and oxygen atoms in total. The lowest BCUT2D eigenvalue weighted by atomic mass is 10.1. The summed E-state index contributed by atoms with van der Waals surface area (Å²) < 4.78 is 5.54. The highest BCUT2D eigenvalue weighted by Gasteiger charge is 2.37. The lowest BCUT2D eigenvalue weighted by Crippen LogP contribution is -2.56. The van der Waals surface area contributed by atoms with Gasteiger partial charge in [0.05, 0.1) is 32.0 Å². The molecule has 1 fully saturated rings. The van der Waals surface area contributed by atoms with Gasteiger partial charge in [0.2, 0.25) is 0 Å². The Labute approximate surface area is 149 Å². The molecular weight excluding hydrogens is 334 g/mol. The van der Waals surface area contributed by atoms with E-state index in [1.54, 1.807) is 6.20 Å². The molecular formula is C18H17N5O3. The maximum atomic E-state index is 11.7. The van der Waals surface area contributed by atoms with E-state index in [0.29, 0.717) is 43.6 Å². The number of nitrogens with zero attached hydrogens (tertiary/aromatic N) is 4. The Morgan fingerprint density at radius 3 is 3.15 bits per heavy atom. The van der Waals surface area contributed by atoms with Gasteiger partial charge in [-0.3, -0.25) is 4.90 Å². The van der Waals surface area contributed by atoms with Crippen LogP contribution in [0.1, 0.15) is 0 Å². The van der Waals surface area contributed by atoms with Crippen molar-refractivity contribution in [2.24, 2.45) is 0 Å². The van der Waals surface area contributed by atoms with Gasteiger partial charge in [-0.05, 0) is 12.1 Å². The normalized spacial score (nSPS) is 19.3. The molecule has 3 aromatic rings. The van der Waals surface area contributed by atoms with Crippen molar-refractivity contribution in [3.63, 3.8) is 0 Å². The monoisotopic (exact) mass is 351 g/mol. The van der Waals surface area contributed by atoms with Crippen LogP contribution in [0, 0.1) is 0 Å². The molecule has 2 aromatic heterocycles. The van der Waals surface area contributed by atoms with Crippen molar-refractivity contribution < 1.29 is 14.6 Å². The summed E-state index contributed by atoms with van der Waals surface area (Å²) in [5, 5.41) is 10.6. The molecule has 1 unspecified atom stereocenters. The molecule has 8 heteroatoms. The Balaban J connectivity index is 1.67. The number of carboxylic acid groups (broad SMARTS) is 1. The molecule has 2 N–H and O–H groups in total. The van der Waals surface area contributed by atoms with E-state index >= 15 is 0 Å². The standard InChI is InChI=1S/C18H17N5O3/c24-18(25)23-9-11-10-26-7-6-22(11)17-15(23)8-20-16(21-17)13-2-1-3-14-12(13)4-5-19-14/h1-5,8,11,19H,6-7,9-10H2,(H,24,25). The number of morpholine rings is 1. The predicted molar refractivity (Wildman–Crippen MR) is 96.6 cm³/mol. The van der Waals surface area contributed by atoms with Crippen LogP contribution in [0.15, 0.2) is 36.7 Å². The molecule has 5 rings (SSSR count). The molecule has 0 aliphatic carbocycles. The lowest BCUT2D eigenvalue weighted by molar-refractivity contribution is 0.0934. The average Bonchev–Trinajstić information content (AvgIpc) is 3.15. The second-order valence-corrected chi connectivity index (χ2v) is 6.46. The van der Waals surface area contributed by atoms with Crippen LogP contribution < -0.4 is 9.80 Å². The van der Waals surface area contributed by atoms with Gasteiger partial charge in [0.1, 0.15) is 5.69 Å². The topological polar surface area (TPSA) is 94.6 Å². The van der Waals surface area contributed by atoms with Crippen molar-refractivity contribution in [1.82, 2.24) is 15.0 Å². The summed E-state index contributed by atoms with van der Waals surface area (Å²) in [7, 11) is 0. The maximum Gasteiger partial charge on any atom is 0.412 e. The molecule has 2 aliphatic heterocycles. The molecule has 0 saturated carbocycles. The van der Waals surface area contributed by atoms with E-state index in [1.807, 2.05) is 30.5 Å². The summed E-state index contributed by atoms with van der Waals surface area (Å²) in [6.07, 6.45) is 2.50. The Bertz CT molecular complexity index is 1000. The van der Waals surface area contributed by atoms with Crippen LogP contribution in [-0.4, -0.2) is 58.5 Å². The minimum atomic E-state index is -0.999. The van der Waals surface area contributed by atoms with Crippen molar-refractivity contribution in [3.8, 4) is 11.4 Å². The Kier molecular flexibility index (Phi) is 3.32. The number of H-pyrrole nitrogens is 1. The minimum Gasteiger partial charge on any atom is -0.465 e. The fourth-order valence-corrected chi connectivity index (χ4v) is 3.75. The van der Waals surface area contributed by atoms with Gasteiger partial charge < -0.3 is 19.7 Å². The molecule has 132 valence electrons. The van der Waals surface area contributed by atoms with Crippen molar-refractivity contribution in [2.45, 2.75) is 6.04 Å². The smallest absolute Gasteiger partial charge is 0.412 e. The Hall–Kier alpha value is -3.13. The number of benzene rings is 1. The molecule has 0 bridgehead atoms. The van der Waals surface area contributed by atoms with Crippen LogP contribution in [0.2, 0.25) is 0 Å². The number of amides is 1. The third-order valence-electron chi connectivity index (χ3n) is 5.00. The van der Waals surface area contributed by atoms with E-state index in [9.17, 15) is 9.90 Å². The fraction of sp³-hybridized carbons (Fsp3) is 0.278. The summed E-state index contributed by atoms with van der Waals surface area (Å²) >= 11 is 0. The van der Waals surface area contributed by atoms with Gasteiger partial charge in [0.15, 0.2) is 11.6 Å². The third-order valence-corrected chi connectivity index (χ3v) is 5.00. The Morgan fingerprint density at radius 1 is 1.35 bits per heavy atom. The van der Waals surface area contributed by atoms with Crippen molar-refractivity contribution in [2.75, 3.05) is 36.1 Å². The SMILES string of the molecule is O=C(O)N1CC2COCCN2c2nc(-c3cccc4[nH]ccc34)ncc21. The number of rotatable bonds is 1. The fourth-order valence-electron chi connectivity index (χ4n) is 3.75. The highest BCUT2D eigenvalue weighted by molar-refractivity contribution is 5.95. The number of anilines is 2. The second kappa shape index (κ2) is 5.70. The quantitative estimate of drug-likeness (QED) is 0.699. The molecule has 26 heavy (non-hydrogen) atoms. The second-order valence-electron chi connectivity index (χ2n) is 6.46. The number of nitrogens with one attached hydrogen (secondary N) is 1. The van der Waals surface area contributed by atoms with Crippen LogP contribution in [0.5, 0.6) is 0 Å². The van der Waals surface area contributed by atoms with Crippen molar-refractivity contribution in [1.29, 1.82) is 0 Å². The van der Waals surface area contributed by atoms with Crippen LogP contribution in [0.4, 0.5) is 16.3 Å². The first kappa shape index (κ1) is 15.2. The van der Waals surface area contributed by atoms with Gasteiger partial charge in [0.25, 0.3) is 0 Å². The first-order valence-corrected chi connectivity index (χ1v) is 8.51. The number of carbonyl (C=O) groups is 1. The van der Waals surface area contributed by atoms with E-state index < -0.39 is 6.09 Å². The Morgan fingerprint density at radius 2 is 2.27 bits per heavy atom. The first-order chi connectivity index (χ1) is 12.7. The van der Waals surface area contributed by atoms with Gasteiger partial charge >= 0.3 is 6.09 Å². The van der Waals surface area contributed by atoms with Gasteiger partial charge in [-0.15, -0.1) is 0 Å². The molecule has 1 atom stereocenters. The summed E-state index contributed by atoms with van der Waals surface area (Å²) in [6, 6.07) is 7.90. The zero-order valence-corrected chi connectivity index (χ0v) is 13.9. The van der Waals surface area contributed by atoms with E-state index in [0.717, 1.165) is 16.5 Å². The van der Waals surface area contributed by atoms with Crippen LogP contribution >= 0.6 is 0 Å². The molecule has 1 amide bonds. The number of fused-ring (bicyclic) bond motifs is 4. The van der Waals surface area contributed by atoms with E-state index in [-0.39, 0.29) is 6.04 Å². The third kappa shape index (κ3) is 2.22. The largest absolute Gasteiger partial charge is 0.465 e. The first-order valence-electron chi connectivity index (χ1n) is 8.51. The number of ether oxygens (including phenoxy) is 1. The number of aromatic amines is 1. The van der Waals surface area contributed by atoms with Crippen molar-refractivity contribution >= 4 is 28.5 Å². The maximum absolute atomic E-state index is 11.7. The van der Waals surface area contributed by atoms with Gasteiger partial charge in [0, 0.05) is 29.2 Å². The van der Waals surface area contributed by atoms with Crippen molar-refractivity contribution in [3.05, 3.63) is 36.7 Å². The highest BCUT2D eigenvalue weighted by atomic mass is 16.5. The summed E-state index contributed by atoms with van der Waals surface area (Å²) in [5.41, 5.74) is 2.46. The van der Waals surface area contributed by atoms with Gasteiger partial charge in [-0.1, -0.05) is 12.1 Å². The lowest BCUT2D eigenvalue weighted by Gasteiger charge is -2.43. The van der Waals surface area contributed by atoms with Gasteiger partial charge in [-0.25, -0.2) is 14.8 Å². The van der Waals surface area contributed by atoms with Crippen LogP contribution in [-0.2, 0) is 4.74 Å². The van der Waals surface area contributed by atoms with E-state index in [1.165, 1.54) is 4.90 Å². The van der Waals surface area contributed by atoms with Crippen LogP contribution in [0.3, 0.4) is 0 Å². The summed E-state index contributed by atoms with van der Waals surface area (Å²) in [6.45, 7) is 2.15. The highest BCUT2D eigenvalue weighted by Crippen LogP contribution is 2.36. The molecule has 4 heterocycles. The zero-order chi connectivity index (χ0) is 17.7. The number of hydrogen-bond donors (Lipinski definition) is 2. The number of aromatic nitrogens is 3. The summed E-state index contributed by atoms with van der Waals surface area (Å²) in [5.74, 6) is 1.25. The zero-order valence-electron chi connectivity index (χ0n) is 13.9. The molecule has 0 radical (unpaired) electrons.